The van der Waals surface area contributed by atoms with E-state index in [2.05, 4.69) is 10.6 Å². The number of halogens is 7. The molecule has 0 aliphatic rings. The van der Waals surface area contributed by atoms with E-state index in [0.717, 1.165) is 0 Å². The molecule has 11 heteroatoms. The van der Waals surface area contributed by atoms with Crippen molar-refractivity contribution in [2.45, 2.75) is 25.3 Å². The fraction of sp³-hybridized carbons (Fsp3) is 0.533. The number of amides is 2. The highest BCUT2D eigenvalue weighted by Crippen LogP contribution is 2.36. The molecule has 0 heterocycles. The lowest BCUT2D eigenvalue weighted by Gasteiger charge is -2.19. The predicted molar refractivity (Wildman–Crippen MR) is 87.1 cm³/mol. The molecule has 0 fully saturated rings. The maximum absolute atomic E-state index is 12.8. The van der Waals surface area contributed by atoms with E-state index >= 15 is 0 Å². The summed E-state index contributed by atoms with van der Waals surface area (Å²) in [6, 6.07) is 0.657. The van der Waals surface area contributed by atoms with E-state index in [1.54, 1.807) is 7.05 Å². The number of hydrogen-bond donors (Lipinski definition) is 2. The van der Waals surface area contributed by atoms with Gasteiger partial charge >= 0.3 is 18.4 Å². The van der Waals surface area contributed by atoms with Crippen molar-refractivity contribution in [3.05, 3.63) is 34.9 Å². The molecule has 0 atom stereocenters. The number of carbonyl (C=O) groups excluding carboxylic acids is 1. The monoisotopic (exact) mass is 407 g/mol. The predicted octanol–water partition coefficient (Wildman–Crippen LogP) is 3.90. The molecule has 150 valence electrons. The molecule has 26 heavy (non-hydrogen) atoms. The first-order chi connectivity index (χ1) is 11.4. The molecular formula is C15H20ClF6N3O. The summed E-state index contributed by atoms with van der Waals surface area (Å²) in [4.78, 5) is 13.1. The zero-order chi connectivity index (χ0) is 19.3. The third-order valence-corrected chi connectivity index (χ3v) is 3.36. The molecule has 0 aromatic heterocycles. The number of nitrogens with zero attached hydrogens (tertiary/aromatic N) is 1. The van der Waals surface area contributed by atoms with Crippen molar-refractivity contribution in [2.75, 3.05) is 27.2 Å². The third kappa shape index (κ3) is 7.69. The van der Waals surface area contributed by atoms with Crippen LogP contribution in [0, 0.1) is 0 Å². The maximum atomic E-state index is 12.8. The molecule has 0 unspecified atom stereocenters. The minimum absolute atomic E-state index is 0. The van der Waals surface area contributed by atoms with E-state index in [1.807, 2.05) is 0 Å². The molecule has 0 radical (unpaired) electrons. The van der Waals surface area contributed by atoms with Crippen LogP contribution < -0.4 is 10.6 Å². The smallest absolute Gasteiger partial charge is 0.334 e. The minimum atomic E-state index is -4.91. The largest absolute Gasteiger partial charge is 0.416 e. The zero-order valence-corrected chi connectivity index (χ0v) is 14.9. The molecule has 0 bridgehead atoms. The molecule has 0 aliphatic carbocycles. The normalized spacial score (nSPS) is 11.7. The average molecular weight is 408 g/mol. The van der Waals surface area contributed by atoms with Crippen LogP contribution in [0.4, 0.5) is 31.1 Å². The third-order valence-electron chi connectivity index (χ3n) is 3.36. The Morgan fingerprint density at radius 1 is 1.04 bits per heavy atom. The standard InChI is InChI=1S/C15H19F6N3O.ClH/c1-22-4-3-5-24(2)13(25)23-9-10-6-11(14(16,17)18)8-12(7-10)15(19,20)21;/h6-8,22H,3-5,9H2,1-2H3,(H,23,25);1H. The van der Waals surface area contributed by atoms with E-state index in [0.29, 0.717) is 31.6 Å². The van der Waals surface area contributed by atoms with Gasteiger partial charge in [0.15, 0.2) is 0 Å². The highest BCUT2D eigenvalue weighted by atomic mass is 35.5. The number of rotatable bonds is 6. The van der Waals surface area contributed by atoms with Gasteiger partial charge < -0.3 is 15.5 Å². The van der Waals surface area contributed by atoms with E-state index < -0.39 is 36.1 Å². The Morgan fingerprint density at radius 2 is 1.54 bits per heavy atom. The molecule has 0 saturated carbocycles. The number of hydrogen-bond acceptors (Lipinski definition) is 2. The summed E-state index contributed by atoms with van der Waals surface area (Å²) in [5, 5.41) is 5.20. The van der Waals surface area contributed by atoms with Gasteiger partial charge in [0, 0.05) is 20.1 Å². The SMILES string of the molecule is CNCCCN(C)C(=O)NCc1cc(C(F)(F)F)cc(C(F)(F)F)c1.Cl. The second kappa shape index (κ2) is 9.86. The molecule has 0 saturated heterocycles. The van der Waals surface area contributed by atoms with Crippen LogP contribution in [0.3, 0.4) is 0 Å². The van der Waals surface area contributed by atoms with Gasteiger partial charge in [-0.15, -0.1) is 12.4 Å². The van der Waals surface area contributed by atoms with Gasteiger partial charge in [0.25, 0.3) is 0 Å². The first kappa shape index (κ1) is 24.3. The van der Waals surface area contributed by atoms with E-state index in [1.165, 1.54) is 11.9 Å². The highest BCUT2D eigenvalue weighted by molar-refractivity contribution is 5.85. The molecule has 1 aromatic carbocycles. The van der Waals surface area contributed by atoms with Crippen LogP contribution >= 0.6 is 12.4 Å². The van der Waals surface area contributed by atoms with E-state index in [4.69, 9.17) is 0 Å². The van der Waals surface area contributed by atoms with Crippen LogP contribution in [0.2, 0.25) is 0 Å². The lowest BCUT2D eigenvalue weighted by Crippen LogP contribution is -2.38. The Bertz CT molecular complexity index is 559. The Labute approximate surface area is 153 Å². The summed E-state index contributed by atoms with van der Waals surface area (Å²) in [5.41, 5.74) is -3.10. The summed E-state index contributed by atoms with van der Waals surface area (Å²) in [7, 11) is 3.23. The fourth-order valence-corrected chi connectivity index (χ4v) is 2.03. The van der Waals surface area contributed by atoms with E-state index in [9.17, 15) is 31.1 Å². The molecule has 1 rings (SSSR count). The van der Waals surface area contributed by atoms with Gasteiger partial charge in [0.2, 0.25) is 0 Å². The van der Waals surface area contributed by atoms with Crippen LogP contribution in [0.15, 0.2) is 18.2 Å². The van der Waals surface area contributed by atoms with Crippen molar-refractivity contribution in [1.82, 2.24) is 15.5 Å². The summed E-state index contributed by atoms with van der Waals surface area (Å²) >= 11 is 0. The van der Waals surface area contributed by atoms with Gasteiger partial charge in [-0.2, -0.15) is 26.3 Å². The molecule has 1 aromatic rings. The number of carbonyl (C=O) groups is 1. The summed E-state index contributed by atoms with van der Waals surface area (Å²) < 4.78 is 76.6. The van der Waals surface area contributed by atoms with Crippen molar-refractivity contribution in [3.63, 3.8) is 0 Å². The van der Waals surface area contributed by atoms with Gasteiger partial charge in [-0.05, 0) is 43.8 Å². The lowest BCUT2D eigenvalue weighted by atomic mass is 10.0. The Kier molecular flexibility index (Phi) is 9.23. The second-order valence-electron chi connectivity index (χ2n) is 5.45. The topological polar surface area (TPSA) is 44.4 Å². The van der Waals surface area contributed by atoms with Crippen molar-refractivity contribution >= 4 is 18.4 Å². The first-order valence-electron chi connectivity index (χ1n) is 7.37. The zero-order valence-electron chi connectivity index (χ0n) is 14.1. The van der Waals surface area contributed by atoms with Gasteiger partial charge in [0.05, 0.1) is 11.1 Å². The Morgan fingerprint density at radius 3 is 1.96 bits per heavy atom. The van der Waals surface area contributed by atoms with Crippen molar-refractivity contribution < 1.29 is 31.1 Å². The van der Waals surface area contributed by atoms with Crippen LogP contribution in [-0.4, -0.2) is 38.1 Å². The molecule has 4 nitrogen and oxygen atoms in total. The first-order valence-corrected chi connectivity index (χ1v) is 7.37. The second-order valence-corrected chi connectivity index (χ2v) is 5.45. The Hall–Kier alpha value is -1.68. The highest BCUT2D eigenvalue weighted by Gasteiger charge is 2.36. The molecule has 0 spiro atoms. The van der Waals surface area contributed by atoms with E-state index in [-0.39, 0.29) is 24.0 Å². The fourth-order valence-electron chi connectivity index (χ4n) is 2.03. The number of nitrogens with one attached hydrogen (secondary N) is 2. The van der Waals surface area contributed by atoms with Crippen LogP contribution in [0.1, 0.15) is 23.1 Å². The maximum Gasteiger partial charge on any atom is 0.416 e. The minimum Gasteiger partial charge on any atom is -0.334 e. The Balaban J connectivity index is 0.00000625. The summed E-state index contributed by atoms with van der Waals surface area (Å²) in [5.74, 6) is 0. The van der Waals surface area contributed by atoms with Crippen LogP contribution in [0.5, 0.6) is 0 Å². The lowest BCUT2D eigenvalue weighted by molar-refractivity contribution is -0.143. The summed E-state index contributed by atoms with van der Waals surface area (Å²) in [6.45, 7) is 0.617. The van der Waals surface area contributed by atoms with Crippen LogP contribution in [0.25, 0.3) is 0 Å². The van der Waals surface area contributed by atoms with Gasteiger partial charge in [-0.25, -0.2) is 4.79 Å². The molecule has 2 amide bonds. The van der Waals surface area contributed by atoms with Crippen LogP contribution in [-0.2, 0) is 18.9 Å². The number of alkyl halides is 6. The van der Waals surface area contributed by atoms with Gasteiger partial charge in [-0.1, -0.05) is 0 Å². The average Bonchev–Trinajstić information content (AvgIpc) is 2.50. The van der Waals surface area contributed by atoms with Crippen molar-refractivity contribution in [1.29, 1.82) is 0 Å². The number of benzene rings is 1. The quantitative estimate of drug-likeness (QED) is 0.555. The van der Waals surface area contributed by atoms with Crippen molar-refractivity contribution in [2.24, 2.45) is 0 Å². The molecular weight excluding hydrogens is 388 g/mol. The number of urea groups is 1. The van der Waals surface area contributed by atoms with Gasteiger partial charge in [0.1, 0.15) is 0 Å². The molecule has 0 aliphatic heterocycles. The molecule has 2 N–H and O–H groups in total. The van der Waals surface area contributed by atoms with Crippen molar-refractivity contribution in [3.8, 4) is 0 Å². The van der Waals surface area contributed by atoms with Gasteiger partial charge in [-0.3, -0.25) is 0 Å². The summed E-state index contributed by atoms with van der Waals surface area (Å²) in [6.07, 6.45) is -9.17.